The van der Waals surface area contributed by atoms with Crippen LogP contribution in [0.15, 0.2) is 112 Å². The zero-order chi connectivity index (χ0) is 44.8. The molecule has 0 unspecified atom stereocenters. The molecular weight excluding hydrogens is 817 g/mol. The first-order chi connectivity index (χ1) is 29.3. The first-order valence-electron chi connectivity index (χ1n) is 20.4. The van der Waals surface area contributed by atoms with E-state index in [4.69, 9.17) is 28.4 Å². The molecule has 62 heavy (non-hydrogen) atoms. The number of hydrogen-bond acceptors (Lipinski definition) is 14. The van der Waals surface area contributed by atoms with Gasteiger partial charge in [0.15, 0.2) is 17.5 Å². The second-order valence-corrected chi connectivity index (χ2v) is 18.2. The zero-order valence-electron chi connectivity index (χ0n) is 35.6. The van der Waals surface area contributed by atoms with Gasteiger partial charge in [0, 0.05) is 54.9 Å². The van der Waals surface area contributed by atoms with Gasteiger partial charge in [-0.2, -0.15) is 0 Å². The topological polar surface area (TPSA) is 178 Å². The number of benzene rings is 3. The van der Waals surface area contributed by atoms with Gasteiger partial charge in [-0.15, -0.1) is 0 Å². The Labute approximate surface area is 364 Å². The van der Waals surface area contributed by atoms with Gasteiger partial charge in [-0.05, 0) is 73.0 Å². The SMILES string of the molecule is CC(=O)O[C@H]1C[C@@]2(O)[C@@H](OC(=O)c3ccccc3)[C@@H]3[C@]4(OC(C)=O)CO[C@@H]4C[C@H](OC(C)=O)[C@@]3(C)C(=O)[C@H](OC(=O)/C=C/c3ccc(Sc4ccccc4)cc3)C(=C1C)C2(C)C. The Kier molecular flexibility index (Phi) is 12.2. The molecule has 326 valence electrons. The van der Waals surface area contributed by atoms with Gasteiger partial charge in [0.2, 0.25) is 0 Å². The van der Waals surface area contributed by atoms with Crippen molar-refractivity contribution in [2.75, 3.05) is 6.61 Å². The number of fused-ring (bicyclic) bond motifs is 5. The van der Waals surface area contributed by atoms with E-state index in [-0.39, 0.29) is 30.6 Å². The lowest BCUT2D eigenvalue weighted by Gasteiger charge is -2.67. The number of esters is 5. The van der Waals surface area contributed by atoms with Crippen LogP contribution in [0.3, 0.4) is 0 Å². The van der Waals surface area contributed by atoms with E-state index in [9.17, 15) is 29.1 Å². The van der Waals surface area contributed by atoms with Gasteiger partial charge in [0.05, 0.1) is 23.5 Å². The molecule has 7 rings (SSSR count). The van der Waals surface area contributed by atoms with E-state index in [1.54, 1.807) is 50.7 Å². The lowest BCUT2D eigenvalue weighted by molar-refractivity contribution is -0.346. The van der Waals surface area contributed by atoms with E-state index in [0.29, 0.717) is 11.1 Å². The summed E-state index contributed by atoms with van der Waals surface area (Å²) < 4.78 is 36.6. The van der Waals surface area contributed by atoms with Crippen molar-refractivity contribution in [1.29, 1.82) is 0 Å². The molecule has 0 amide bonds. The van der Waals surface area contributed by atoms with Gasteiger partial charge in [-0.1, -0.05) is 74.1 Å². The van der Waals surface area contributed by atoms with E-state index < -0.39 is 94.1 Å². The minimum atomic E-state index is -2.26. The van der Waals surface area contributed by atoms with E-state index in [0.717, 1.165) is 9.79 Å². The largest absolute Gasteiger partial charge is 0.461 e. The minimum absolute atomic E-state index is 0.0991. The highest BCUT2D eigenvalue weighted by Crippen LogP contribution is 2.65. The summed E-state index contributed by atoms with van der Waals surface area (Å²) in [6, 6.07) is 25.3. The third-order valence-electron chi connectivity index (χ3n) is 13.0. The molecule has 4 aliphatic rings. The van der Waals surface area contributed by atoms with E-state index in [1.165, 1.54) is 52.0 Å². The van der Waals surface area contributed by atoms with Crippen LogP contribution in [0.2, 0.25) is 0 Å². The number of carbonyl (C=O) groups excluding carboxylic acids is 6. The summed E-state index contributed by atoms with van der Waals surface area (Å²) in [7, 11) is 0. The summed E-state index contributed by atoms with van der Waals surface area (Å²) >= 11 is 1.58. The molecule has 0 aromatic heterocycles. The molecule has 0 radical (unpaired) electrons. The molecule has 2 saturated carbocycles. The Morgan fingerprint density at radius 3 is 1.98 bits per heavy atom. The molecule has 1 aliphatic heterocycles. The summed E-state index contributed by atoms with van der Waals surface area (Å²) in [6.45, 7) is 9.63. The smallest absolute Gasteiger partial charge is 0.338 e. The monoisotopic (exact) mass is 866 g/mol. The number of ether oxygens (including phenoxy) is 6. The van der Waals surface area contributed by atoms with Gasteiger partial charge in [0.1, 0.15) is 30.0 Å². The summed E-state index contributed by atoms with van der Waals surface area (Å²) in [5.41, 5.74) is -6.39. The first kappa shape index (κ1) is 44.5. The van der Waals surface area contributed by atoms with Crippen molar-refractivity contribution in [2.24, 2.45) is 16.7 Å². The third-order valence-corrected chi connectivity index (χ3v) is 14.0. The molecule has 13 nitrogen and oxygen atoms in total. The van der Waals surface area contributed by atoms with Crippen molar-refractivity contribution < 1.29 is 62.3 Å². The molecule has 3 aliphatic carbocycles. The molecule has 0 spiro atoms. The van der Waals surface area contributed by atoms with Crippen LogP contribution in [-0.2, 0) is 52.4 Å². The van der Waals surface area contributed by atoms with Gasteiger partial charge in [0.25, 0.3) is 0 Å². The van der Waals surface area contributed by atoms with Crippen LogP contribution in [0.25, 0.3) is 6.08 Å². The van der Waals surface area contributed by atoms with Crippen LogP contribution in [0.5, 0.6) is 0 Å². The fraction of sp³-hybridized carbons (Fsp3) is 0.417. The lowest BCUT2D eigenvalue weighted by atomic mass is 9.44. The second-order valence-electron chi connectivity index (χ2n) is 17.1. The predicted molar refractivity (Wildman–Crippen MR) is 224 cm³/mol. The molecular formula is C48H50O13S. The minimum Gasteiger partial charge on any atom is -0.461 e. The van der Waals surface area contributed by atoms with E-state index >= 15 is 4.79 Å². The molecule has 2 bridgehead atoms. The van der Waals surface area contributed by atoms with Gasteiger partial charge < -0.3 is 33.5 Å². The molecule has 1 heterocycles. The molecule has 14 heteroatoms. The lowest BCUT2D eigenvalue weighted by Crippen LogP contribution is -2.82. The summed E-state index contributed by atoms with van der Waals surface area (Å²) in [4.78, 5) is 85.1. The average Bonchev–Trinajstić information content (AvgIpc) is 3.21. The van der Waals surface area contributed by atoms with Crippen molar-refractivity contribution >= 4 is 53.5 Å². The number of aliphatic hydroxyl groups is 1. The van der Waals surface area contributed by atoms with Gasteiger partial charge in [-0.25, -0.2) is 9.59 Å². The number of hydrogen-bond donors (Lipinski definition) is 1. The fourth-order valence-corrected chi connectivity index (χ4v) is 10.8. The Morgan fingerprint density at radius 1 is 0.790 bits per heavy atom. The number of ketones is 1. The normalized spacial score (nSPS) is 30.9. The Balaban J connectivity index is 1.39. The Morgan fingerprint density at radius 2 is 1.40 bits per heavy atom. The van der Waals surface area contributed by atoms with Crippen LogP contribution in [0, 0.1) is 16.7 Å². The fourth-order valence-electron chi connectivity index (χ4n) is 9.99. The summed E-state index contributed by atoms with van der Waals surface area (Å²) in [5.74, 6) is -6.30. The Bertz CT molecular complexity index is 2320. The Hall–Kier alpha value is -5.57. The molecule has 3 fully saturated rings. The van der Waals surface area contributed by atoms with Crippen molar-refractivity contribution in [3.8, 4) is 0 Å². The highest BCUT2D eigenvalue weighted by atomic mass is 32.2. The molecule has 1 saturated heterocycles. The third kappa shape index (κ3) is 7.88. The summed E-state index contributed by atoms with van der Waals surface area (Å²) in [5, 5.41) is 13.6. The zero-order valence-corrected chi connectivity index (χ0v) is 36.4. The molecule has 3 aromatic carbocycles. The van der Waals surface area contributed by atoms with Crippen LogP contribution in [0.1, 0.15) is 77.2 Å². The second kappa shape index (κ2) is 16.9. The highest BCUT2D eigenvalue weighted by molar-refractivity contribution is 7.99. The van der Waals surface area contributed by atoms with Crippen molar-refractivity contribution in [2.45, 2.75) is 113 Å². The standard InChI is InChI=1S/C48H50O13S/c1-27-35(57-28(2)49)25-48(55)43(60-44(54)32-14-10-8-11-15-32)41-46(7,36(58-29(3)50)24-37-47(41,26-56-37)61-30(4)51)42(53)40(39(27)45(48,5)6)59-38(52)23-20-31-18-21-34(22-19-31)62-33-16-12-9-13-17-33/h8-23,35-37,40-41,43,55H,24-26H2,1-7H3/b23-20+/t35-,36-,37+,40+,41-,43-,46+,47-,48+/m0/s1. The first-order valence-corrected chi connectivity index (χ1v) is 21.2. The van der Waals surface area contributed by atoms with Crippen LogP contribution >= 0.6 is 11.8 Å². The molecule has 9 atom stereocenters. The van der Waals surface area contributed by atoms with Crippen molar-refractivity contribution in [1.82, 2.24) is 0 Å². The maximum absolute atomic E-state index is 16.0. The molecule has 1 N–H and O–H groups in total. The number of Topliss-reactive ketones (excluding diaryl/α,β-unsaturated/α-hetero) is 1. The van der Waals surface area contributed by atoms with Crippen LogP contribution < -0.4 is 0 Å². The quantitative estimate of drug-likeness (QED) is 0.0993. The molecule has 3 aromatic rings. The van der Waals surface area contributed by atoms with Gasteiger partial charge in [-0.3, -0.25) is 19.2 Å². The number of rotatable bonds is 10. The average molecular weight is 867 g/mol. The maximum Gasteiger partial charge on any atom is 0.338 e. The number of carbonyl (C=O) groups is 6. The summed E-state index contributed by atoms with van der Waals surface area (Å²) in [6.07, 6.45) is -4.83. The van der Waals surface area contributed by atoms with Crippen LogP contribution in [-0.4, -0.2) is 89.1 Å². The van der Waals surface area contributed by atoms with Crippen molar-refractivity contribution in [3.05, 3.63) is 113 Å². The maximum atomic E-state index is 16.0. The van der Waals surface area contributed by atoms with Gasteiger partial charge >= 0.3 is 29.8 Å². The van der Waals surface area contributed by atoms with E-state index in [2.05, 4.69) is 0 Å². The van der Waals surface area contributed by atoms with Crippen molar-refractivity contribution in [3.63, 3.8) is 0 Å². The predicted octanol–water partition coefficient (Wildman–Crippen LogP) is 6.64. The van der Waals surface area contributed by atoms with Crippen LogP contribution in [0.4, 0.5) is 0 Å². The highest BCUT2D eigenvalue weighted by Gasteiger charge is 2.79. The van der Waals surface area contributed by atoms with E-state index in [1.807, 2.05) is 54.6 Å².